The fourth-order valence-electron chi connectivity index (χ4n) is 2.03. The van der Waals surface area contributed by atoms with E-state index in [0.29, 0.717) is 6.54 Å². The number of nitrogens with one attached hydrogen (secondary N) is 2. The Morgan fingerprint density at radius 2 is 1.69 bits per heavy atom. The van der Waals surface area contributed by atoms with Crippen molar-refractivity contribution in [2.75, 3.05) is 12.4 Å². The van der Waals surface area contributed by atoms with Gasteiger partial charge in [-0.15, -0.1) is 11.8 Å². The first-order chi connectivity index (χ1) is 12.5. The first-order valence-corrected chi connectivity index (χ1v) is 8.99. The second kappa shape index (κ2) is 10.2. The van der Waals surface area contributed by atoms with Crippen molar-refractivity contribution in [1.82, 2.24) is 10.6 Å². The van der Waals surface area contributed by atoms with E-state index < -0.39 is 24.5 Å². The van der Waals surface area contributed by atoms with Crippen molar-refractivity contribution in [1.29, 1.82) is 0 Å². The maximum atomic E-state index is 11.7. The predicted molar refractivity (Wildman–Crippen MR) is 99.7 cm³/mol. The van der Waals surface area contributed by atoms with Gasteiger partial charge >= 0.3 is 12.0 Å². The molecule has 0 fully saturated rings. The maximum absolute atomic E-state index is 11.7. The highest BCUT2D eigenvalue weighted by atomic mass is 32.2. The van der Waals surface area contributed by atoms with Gasteiger partial charge in [0.25, 0.3) is 5.91 Å². The van der Waals surface area contributed by atoms with Crippen LogP contribution >= 0.6 is 11.8 Å². The smallest absolute Gasteiger partial charge is 0.321 e. The van der Waals surface area contributed by atoms with Crippen LogP contribution < -0.4 is 10.6 Å². The van der Waals surface area contributed by atoms with E-state index >= 15 is 0 Å². The van der Waals surface area contributed by atoms with Gasteiger partial charge in [0, 0.05) is 11.4 Å². The Morgan fingerprint density at radius 3 is 2.42 bits per heavy atom. The van der Waals surface area contributed by atoms with Crippen LogP contribution in [0.5, 0.6) is 0 Å². The Balaban J connectivity index is 1.63. The van der Waals surface area contributed by atoms with Crippen LogP contribution in [0.1, 0.15) is 11.1 Å². The molecule has 2 aromatic carbocycles. The highest BCUT2D eigenvalue weighted by Crippen LogP contribution is 2.21. The van der Waals surface area contributed by atoms with E-state index in [1.54, 1.807) is 0 Å². The molecule has 0 spiro atoms. The molecule has 0 saturated heterocycles. The zero-order valence-corrected chi connectivity index (χ0v) is 15.2. The van der Waals surface area contributed by atoms with Crippen molar-refractivity contribution in [2.45, 2.75) is 18.4 Å². The third-order valence-electron chi connectivity index (χ3n) is 3.35. The summed E-state index contributed by atoms with van der Waals surface area (Å²) >= 11 is 1.34. The largest absolute Gasteiger partial charge is 0.455 e. The Hall–Kier alpha value is -2.80. The molecule has 0 aliphatic rings. The molecule has 2 aromatic rings. The molecule has 6 nitrogen and oxygen atoms in total. The molecule has 0 bridgehead atoms. The number of aryl methyl sites for hydroxylation is 1. The summed E-state index contributed by atoms with van der Waals surface area (Å²) in [4.78, 5) is 36.0. The number of esters is 1. The van der Waals surface area contributed by atoms with Gasteiger partial charge < -0.3 is 10.1 Å². The van der Waals surface area contributed by atoms with Gasteiger partial charge in [-0.05, 0) is 24.1 Å². The molecule has 26 heavy (non-hydrogen) atoms. The lowest BCUT2D eigenvalue weighted by Gasteiger charge is -2.08. The van der Waals surface area contributed by atoms with Gasteiger partial charge in [-0.25, -0.2) is 4.79 Å². The van der Waals surface area contributed by atoms with Crippen molar-refractivity contribution in [3.63, 3.8) is 0 Å². The lowest BCUT2D eigenvalue weighted by molar-refractivity contribution is -0.145. The highest BCUT2D eigenvalue weighted by Gasteiger charge is 2.11. The number of thioether (sulfide) groups is 1. The lowest BCUT2D eigenvalue weighted by Crippen LogP contribution is -2.41. The van der Waals surface area contributed by atoms with E-state index in [1.807, 2.05) is 61.5 Å². The molecule has 0 saturated carbocycles. The molecule has 0 radical (unpaired) electrons. The highest BCUT2D eigenvalue weighted by molar-refractivity contribution is 8.00. The van der Waals surface area contributed by atoms with Crippen LogP contribution in [-0.2, 0) is 20.9 Å². The third-order valence-corrected chi connectivity index (χ3v) is 4.50. The second-order valence-corrected chi connectivity index (χ2v) is 6.45. The minimum atomic E-state index is -0.676. The number of carbonyl (C=O) groups is 3. The molecule has 0 aliphatic heterocycles. The third kappa shape index (κ3) is 6.98. The Kier molecular flexibility index (Phi) is 7.70. The standard InChI is InChI=1S/C19H20N2O4S/c1-14-7-5-6-10-16(14)26-13-18(23)25-12-17(22)21-19(24)20-11-15-8-3-2-4-9-15/h2-10H,11-13H2,1H3,(H2,20,21,22,24). The summed E-state index contributed by atoms with van der Waals surface area (Å²) in [6.07, 6.45) is 0. The number of hydrogen-bond acceptors (Lipinski definition) is 5. The lowest BCUT2D eigenvalue weighted by atomic mass is 10.2. The van der Waals surface area contributed by atoms with Gasteiger partial charge in [-0.2, -0.15) is 0 Å². The number of hydrogen-bond donors (Lipinski definition) is 2. The molecule has 0 unspecified atom stereocenters. The van der Waals surface area contributed by atoms with Gasteiger partial charge in [-0.1, -0.05) is 48.5 Å². The maximum Gasteiger partial charge on any atom is 0.321 e. The van der Waals surface area contributed by atoms with Crippen molar-refractivity contribution in [3.05, 3.63) is 65.7 Å². The minimum Gasteiger partial charge on any atom is -0.455 e. The van der Waals surface area contributed by atoms with Gasteiger partial charge in [0.15, 0.2) is 6.61 Å². The summed E-state index contributed by atoms with van der Waals surface area (Å²) in [5, 5.41) is 4.67. The summed E-state index contributed by atoms with van der Waals surface area (Å²) in [5.41, 5.74) is 1.98. The number of carbonyl (C=O) groups excluding carboxylic acids is 3. The average Bonchev–Trinajstić information content (AvgIpc) is 2.65. The second-order valence-electron chi connectivity index (χ2n) is 5.43. The quantitative estimate of drug-likeness (QED) is 0.577. The van der Waals surface area contributed by atoms with Gasteiger partial charge in [0.2, 0.25) is 0 Å². The fourth-order valence-corrected chi connectivity index (χ4v) is 2.86. The first kappa shape index (κ1) is 19.5. The summed E-state index contributed by atoms with van der Waals surface area (Å²) in [5.74, 6) is -1.10. The summed E-state index contributed by atoms with van der Waals surface area (Å²) in [7, 11) is 0. The Bertz CT molecular complexity index is 765. The minimum absolute atomic E-state index is 0.0956. The van der Waals surface area contributed by atoms with Crippen LogP contribution in [0, 0.1) is 6.92 Å². The molecule has 136 valence electrons. The Morgan fingerprint density at radius 1 is 1.00 bits per heavy atom. The van der Waals surface area contributed by atoms with Gasteiger partial charge in [-0.3, -0.25) is 14.9 Å². The first-order valence-electron chi connectivity index (χ1n) is 8.00. The molecule has 7 heteroatoms. The molecule has 0 atom stereocenters. The van der Waals surface area contributed by atoms with Crippen LogP contribution in [0.3, 0.4) is 0 Å². The summed E-state index contributed by atoms with van der Waals surface area (Å²) in [6, 6.07) is 16.3. The van der Waals surface area contributed by atoms with E-state index in [4.69, 9.17) is 4.74 Å². The van der Waals surface area contributed by atoms with Gasteiger partial charge in [0.05, 0.1) is 5.75 Å². The number of urea groups is 1. The van der Waals surface area contributed by atoms with Crippen molar-refractivity contribution < 1.29 is 19.1 Å². The van der Waals surface area contributed by atoms with E-state index in [-0.39, 0.29) is 5.75 Å². The zero-order valence-electron chi connectivity index (χ0n) is 14.4. The normalized spacial score (nSPS) is 10.0. The summed E-state index contributed by atoms with van der Waals surface area (Å²) < 4.78 is 4.88. The number of amides is 3. The number of benzene rings is 2. The predicted octanol–water partition coefficient (Wildman–Crippen LogP) is 2.66. The number of ether oxygens (including phenoxy) is 1. The zero-order chi connectivity index (χ0) is 18.8. The van der Waals surface area contributed by atoms with Crippen molar-refractivity contribution >= 4 is 29.7 Å². The van der Waals surface area contributed by atoms with Crippen LogP contribution in [0.2, 0.25) is 0 Å². The SMILES string of the molecule is Cc1ccccc1SCC(=O)OCC(=O)NC(=O)NCc1ccccc1. The van der Waals surface area contributed by atoms with Crippen LogP contribution in [0.15, 0.2) is 59.5 Å². The van der Waals surface area contributed by atoms with Gasteiger partial charge in [0.1, 0.15) is 0 Å². The Labute approximate surface area is 156 Å². The number of rotatable bonds is 7. The van der Waals surface area contributed by atoms with E-state index in [2.05, 4.69) is 10.6 Å². The molecular weight excluding hydrogens is 352 g/mol. The monoisotopic (exact) mass is 372 g/mol. The summed E-state index contributed by atoms with van der Waals surface area (Å²) in [6.45, 7) is 1.76. The van der Waals surface area contributed by atoms with E-state index in [0.717, 1.165) is 16.0 Å². The molecule has 0 heterocycles. The molecule has 3 amide bonds. The van der Waals surface area contributed by atoms with Crippen LogP contribution in [0.4, 0.5) is 4.79 Å². The molecule has 0 aliphatic carbocycles. The molecular formula is C19H20N2O4S. The van der Waals surface area contributed by atoms with Crippen molar-refractivity contribution in [3.8, 4) is 0 Å². The molecule has 0 aromatic heterocycles. The average molecular weight is 372 g/mol. The van der Waals surface area contributed by atoms with E-state index in [1.165, 1.54) is 11.8 Å². The molecule has 2 rings (SSSR count). The molecule has 2 N–H and O–H groups in total. The van der Waals surface area contributed by atoms with Crippen molar-refractivity contribution in [2.24, 2.45) is 0 Å². The number of imide groups is 1. The van der Waals surface area contributed by atoms with Crippen LogP contribution in [-0.4, -0.2) is 30.3 Å². The fraction of sp³-hybridized carbons (Fsp3) is 0.211. The van der Waals surface area contributed by atoms with Crippen LogP contribution in [0.25, 0.3) is 0 Å². The topological polar surface area (TPSA) is 84.5 Å². The van der Waals surface area contributed by atoms with E-state index in [9.17, 15) is 14.4 Å².